The van der Waals surface area contributed by atoms with Crippen molar-refractivity contribution < 1.29 is 23.7 Å². The van der Waals surface area contributed by atoms with E-state index in [4.69, 9.17) is 18.9 Å². The molecule has 0 radical (unpaired) electrons. The highest BCUT2D eigenvalue weighted by atomic mass is 31.1. The van der Waals surface area contributed by atoms with Crippen LogP contribution in [0.2, 0.25) is 0 Å². The maximum Gasteiger partial charge on any atom is 0.193 e. The van der Waals surface area contributed by atoms with Crippen LogP contribution in [0.5, 0.6) is 23.0 Å². The molecule has 5 nitrogen and oxygen atoms in total. The average molecular weight is 404 g/mol. The summed E-state index contributed by atoms with van der Waals surface area (Å²) in [6.07, 6.45) is 3.38. The number of rotatable bonds is 11. The van der Waals surface area contributed by atoms with Gasteiger partial charge in [0, 0.05) is 12.1 Å². The summed E-state index contributed by atoms with van der Waals surface area (Å²) >= 11 is 0. The fourth-order valence-corrected chi connectivity index (χ4v) is 3.87. The van der Waals surface area contributed by atoms with E-state index in [1.807, 2.05) is 25.1 Å². The van der Waals surface area contributed by atoms with E-state index in [1.54, 1.807) is 19.2 Å². The Bertz CT molecular complexity index is 779. The molecule has 0 saturated carbocycles. The summed E-state index contributed by atoms with van der Waals surface area (Å²) in [6.45, 7) is 4.88. The molecule has 0 aliphatic rings. The van der Waals surface area contributed by atoms with Crippen LogP contribution in [-0.4, -0.2) is 33.5 Å². The summed E-state index contributed by atoms with van der Waals surface area (Å²) in [5.74, 6) is 2.31. The maximum atomic E-state index is 13.0. The van der Waals surface area contributed by atoms with Gasteiger partial charge in [-0.25, -0.2) is 0 Å². The molecule has 2 aromatic carbocycles. The molecule has 2 aromatic rings. The fraction of sp³-hybridized carbons (Fsp3) is 0.409. The molecule has 0 bridgehead atoms. The predicted molar refractivity (Wildman–Crippen MR) is 115 cm³/mol. The van der Waals surface area contributed by atoms with Crippen molar-refractivity contribution in [3.63, 3.8) is 0 Å². The van der Waals surface area contributed by atoms with Crippen LogP contribution >= 0.6 is 8.58 Å². The molecule has 0 saturated heterocycles. The molecular weight excluding hydrogens is 375 g/mol. The van der Waals surface area contributed by atoms with Crippen LogP contribution in [0.1, 0.15) is 42.1 Å². The lowest BCUT2D eigenvalue weighted by atomic mass is 10.2. The van der Waals surface area contributed by atoms with Crippen LogP contribution in [0, 0.1) is 6.92 Å². The van der Waals surface area contributed by atoms with Crippen molar-refractivity contribution in [1.29, 1.82) is 0 Å². The topological polar surface area (TPSA) is 54.0 Å². The third-order valence-corrected chi connectivity index (χ3v) is 5.71. The van der Waals surface area contributed by atoms with Gasteiger partial charge in [-0.3, -0.25) is 4.79 Å². The second-order valence-electron chi connectivity index (χ2n) is 6.39. The van der Waals surface area contributed by atoms with E-state index in [0.717, 1.165) is 23.0 Å². The Morgan fingerprint density at radius 2 is 1.61 bits per heavy atom. The highest BCUT2D eigenvalue weighted by Gasteiger charge is 2.21. The van der Waals surface area contributed by atoms with E-state index in [-0.39, 0.29) is 14.1 Å². The number of hydrogen-bond donors (Lipinski definition) is 0. The van der Waals surface area contributed by atoms with Gasteiger partial charge in [-0.2, -0.15) is 0 Å². The number of carbonyl (C=O) groups excluding carboxylic acids is 1. The second-order valence-corrected chi connectivity index (χ2v) is 7.64. The molecule has 28 heavy (non-hydrogen) atoms. The van der Waals surface area contributed by atoms with Gasteiger partial charge in [0.15, 0.2) is 5.52 Å². The van der Waals surface area contributed by atoms with Gasteiger partial charge in [0.05, 0.1) is 27.9 Å². The van der Waals surface area contributed by atoms with Crippen molar-refractivity contribution in [2.75, 3.05) is 27.9 Å². The number of methoxy groups -OCH3 is 3. The van der Waals surface area contributed by atoms with E-state index in [1.165, 1.54) is 27.1 Å². The second kappa shape index (κ2) is 10.9. The zero-order valence-corrected chi connectivity index (χ0v) is 18.3. The zero-order valence-electron chi connectivity index (χ0n) is 17.3. The molecular formula is C22H29O5P. The number of aryl methyl sites for hydroxylation is 1. The minimum Gasteiger partial charge on any atom is -0.496 e. The minimum atomic E-state index is -0.0458. The molecule has 0 spiro atoms. The normalized spacial score (nSPS) is 10.9. The predicted octanol–water partition coefficient (Wildman–Crippen LogP) is 4.73. The molecule has 152 valence electrons. The summed E-state index contributed by atoms with van der Waals surface area (Å²) in [5, 5.41) is 0.978. The third kappa shape index (κ3) is 5.62. The Morgan fingerprint density at radius 1 is 0.929 bits per heavy atom. The van der Waals surface area contributed by atoms with Crippen LogP contribution in [0.15, 0.2) is 30.3 Å². The monoisotopic (exact) mass is 404 g/mol. The molecule has 0 heterocycles. The quantitative estimate of drug-likeness (QED) is 0.400. The van der Waals surface area contributed by atoms with Crippen LogP contribution < -0.4 is 24.3 Å². The molecule has 0 amide bonds. The zero-order chi connectivity index (χ0) is 20.5. The molecule has 0 aliphatic carbocycles. The van der Waals surface area contributed by atoms with E-state index in [0.29, 0.717) is 29.4 Å². The van der Waals surface area contributed by atoms with Crippen molar-refractivity contribution in [3.05, 3.63) is 41.5 Å². The molecule has 6 heteroatoms. The van der Waals surface area contributed by atoms with Crippen molar-refractivity contribution in [2.45, 2.75) is 33.1 Å². The molecule has 0 aliphatic heterocycles. The lowest BCUT2D eigenvalue weighted by Gasteiger charge is -2.15. The molecule has 2 rings (SSSR count). The first-order valence-corrected chi connectivity index (χ1v) is 10.4. The van der Waals surface area contributed by atoms with Crippen LogP contribution in [0.4, 0.5) is 0 Å². The molecule has 1 unspecified atom stereocenters. The molecule has 1 atom stereocenters. The van der Waals surface area contributed by atoms with Gasteiger partial charge in [0.1, 0.15) is 28.6 Å². The van der Waals surface area contributed by atoms with Gasteiger partial charge in [-0.05, 0) is 44.9 Å². The standard InChI is InChI=1S/C22H29O5P/c1-6-7-8-11-27-16-9-10-20(15(2)12-16)28-22(23)21-18(25-4)13-17(24-3)14-19(21)26-5/h9-10,12-14,28H,6-8,11H2,1-5H3. The van der Waals surface area contributed by atoms with E-state index < -0.39 is 0 Å². The van der Waals surface area contributed by atoms with Crippen LogP contribution in [0.3, 0.4) is 0 Å². The first-order chi connectivity index (χ1) is 13.5. The van der Waals surface area contributed by atoms with Gasteiger partial charge in [-0.15, -0.1) is 0 Å². The van der Waals surface area contributed by atoms with Gasteiger partial charge >= 0.3 is 0 Å². The first kappa shape index (κ1) is 22.0. The SMILES string of the molecule is CCCCCOc1ccc(PC(=O)c2c(OC)cc(OC)cc2OC)c(C)c1. The maximum absolute atomic E-state index is 13.0. The average Bonchev–Trinajstić information content (AvgIpc) is 2.71. The smallest absolute Gasteiger partial charge is 0.193 e. The Kier molecular flexibility index (Phi) is 8.59. The Hall–Kier alpha value is -2.26. The van der Waals surface area contributed by atoms with Crippen molar-refractivity contribution >= 4 is 19.4 Å². The highest BCUT2D eigenvalue weighted by Crippen LogP contribution is 2.38. The Labute approximate surface area is 169 Å². The Morgan fingerprint density at radius 3 is 2.14 bits per heavy atom. The van der Waals surface area contributed by atoms with Gasteiger partial charge in [-0.1, -0.05) is 25.8 Å². The fourth-order valence-electron chi connectivity index (χ4n) is 2.82. The summed E-state index contributed by atoms with van der Waals surface area (Å²) < 4.78 is 21.9. The minimum absolute atomic E-state index is 0.0453. The van der Waals surface area contributed by atoms with Crippen molar-refractivity contribution in [2.24, 2.45) is 0 Å². The number of hydrogen-bond acceptors (Lipinski definition) is 5. The number of carbonyl (C=O) groups is 1. The summed E-state index contributed by atoms with van der Waals surface area (Å²) in [6, 6.07) is 9.27. The summed E-state index contributed by atoms with van der Waals surface area (Å²) in [4.78, 5) is 13.0. The highest BCUT2D eigenvalue weighted by molar-refractivity contribution is 7.66. The summed E-state index contributed by atoms with van der Waals surface area (Å²) in [5.41, 5.74) is 1.42. The van der Waals surface area contributed by atoms with Crippen LogP contribution in [0.25, 0.3) is 0 Å². The summed E-state index contributed by atoms with van der Waals surface area (Å²) in [7, 11) is 4.58. The van der Waals surface area contributed by atoms with Gasteiger partial charge in [0.2, 0.25) is 0 Å². The van der Waals surface area contributed by atoms with Gasteiger partial charge in [0.25, 0.3) is 0 Å². The van der Waals surface area contributed by atoms with E-state index in [9.17, 15) is 4.79 Å². The van der Waals surface area contributed by atoms with E-state index in [2.05, 4.69) is 6.92 Å². The van der Waals surface area contributed by atoms with E-state index >= 15 is 0 Å². The third-order valence-electron chi connectivity index (χ3n) is 4.40. The first-order valence-electron chi connectivity index (χ1n) is 9.38. The van der Waals surface area contributed by atoms with Crippen LogP contribution in [-0.2, 0) is 0 Å². The lowest BCUT2D eigenvalue weighted by Crippen LogP contribution is -2.08. The number of ether oxygens (including phenoxy) is 4. The number of unbranched alkanes of at least 4 members (excludes halogenated alkanes) is 2. The number of benzene rings is 2. The van der Waals surface area contributed by atoms with Crippen molar-refractivity contribution in [3.8, 4) is 23.0 Å². The lowest BCUT2D eigenvalue weighted by molar-refractivity contribution is 0.108. The van der Waals surface area contributed by atoms with Gasteiger partial charge < -0.3 is 18.9 Å². The molecule has 0 aromatic heterocycles. The van der Waals surface area contributed by atoms with Crippen molar-refractivity contribution in [1.82, 2.24) is 0 Å². The Balaban J connectivity index is 2.18. The molecule has 0 fully saturated rings. The largest absolute Gasteiger partial charge is 0.496 e. The molecule has 0 N–H and O–H groups in total.